The van der Waals surface area contributed by atoms with E-state index in [2.05, 4.69) is 0 Å². The van der Waals surface area contributed by atoms with Crippen molar-refractivity contribution >= 4 is 50.4 Å². The molecule has 0 aromatic heterocycles. The molecular formula is C18H16Cl2N2O3S. The average Bonchev–Trinajstić information content (AvgIpc) is 3.00. The van der Waals surface area contributed by atoms with Crippen molar-refractivity contribution in [2.24, 2.45) is 0 Å². The molecule has 4 rings (SSSR count). The van der Waals surface area contributed by atoms with Crippen molar-refractivity contribution in [3.05, 3.63) is 58.1 Å². The second kappa shape index (κ2) is 6.15. The number of halogens is 2. The minimum Gasteiger partial charge on any atom is -0.288 e. The van der Waals surface area contributed by atoms with Crippen LogP contribution in [0.4, 0.5) is 16.2 Å². The Balaban J connectivity index is 1.81. The predicted octanol–water partition coefficient (Wildman–Crippen LogP) is 3.91. The van der Waals surface area contributed by atoms with Crippen LogP contribution in [-0.4, -0.2) is 38.0 Å². The van der Waals surface area contributed by atoms with Crippen LogP contribution in [0.2, 0.25) is 10.0 Å². The van der Waals surface area contributed by atoms with Gasteiger partial charge >= 0.3 is 6.03 Å². The number of benzene rings is 2. The van der Waals surface area contributed by atoms with Gasteiger partial charge in [-0.25, -0.2) is 13.2 Å². The van der Waals surface area contributed by atoms with E-state index < -0.39 is 21.9 Å². The normalized spacial score (nSPS) is 24.2. The molecule has 2 aromatic carbocycles. The zero-order valence-corrected chi connectivity index (χ0v) is 16.2. The highest BCUT2D eigenvalue weighted by atomic mass is 35.5. The summed E-state index contributed by atoms with van der Waals surface area (Å²) < 4.78 is 24.5. The van der Waals surface area contributed by atoms with Crippen molar-refractivity contribution in [1.29, 1.82) is 0 Å². The van der Waals surface area contributed by atoms with Gasteiger partial charge in [0, 0.05) is 21.4 Å². The summed E-state index contributed by atoms with van der Waals surface area (Å²) in [5, 5.41) is 1.09. The Bertz CT molecular complexity index is 992. The van der Waals surface area contributed by atoms with Crippen LogP contribution in [0, 0.1) is 6.92 Å². The van der Waals surface area contributed by atoms with Crippen LogP contribution in [0.3, 0.4) is 0 Å². The van der Waals surface area contributed by atoms with E-state index in [4.69, 9.17) is 23.2 Å². The van der Waals surface area contributed by atoms with Crippen LogP contribution in [-0.2, 0) is 9.84 Å². The fourth-order valence-corrected chi connectivity index (χ4v) is 5.86. The number of amides is 2. The predicted molar refractivity (Wildman–Crippen MR) is 104 cm³/mol. The fourth-order valence-electron chi connectivity index (χ4n) is 3.64. The SMILES string of the molecule is Cc1ccc(N2C(=O)N(c3ccc(Cl)cc3)[C@@H]3CS(=O)(=O)C[C@@H]32)cc1Cl. The number of rotatable bonds is 2. The van der Waals surface area contributed by atoms with Gasteiger partial charge in [0.15, 0.2) is 9.84 Å². The second-order valence-electron chi connectivity index (χ2n) is 6.64. The number of carbonyl (C=O) groups excluding carboxylic acids is 1. The molecule has 0 saturated carbocycles. The first-order chi connectivity index (χ1) is 12.3. The number of carbonyl (C=O) groups is 1. The van der Waals surface area contributed by atoms with E-state index in [0.29, 0.717) is 21.4 Å². The molecule has 26 heavy (non-hydrogen) atoms. The van der Waals surface area contributed by atoms with Gasteiger partial charge in [-0.2, -0.15) is 0 Å². The van der Waals surface area contributed by atoms with Crippen LogP contribution in [0.25, 0.3) is 0 Å². The first kappa shape index (κ1) is 17.6. The standard InChI is InChI=1S/C18H16Cl2N2O3S/c1-11-2-5-14(8-15(11)20)22-17-10-26(24,25)9-16(17)21(18(22)23)13-6-3-12(19)4-7-13/h2-8,16-17H,9-10H2,1H3/t16-,17+/m1/s1. The van der Waals surface area contributed by atoms with Crippen molar-refractivity contribution in [2.45, 2.75) is 19.0 Å². The zero-order chi connectivity index (χ0) is 18.6. The molecule has 5 nitrogen and oxygen atoms in total. The average molecular weight is 411 g/mol. The Labute approximate surface area is 162 Å². The van der Waals surface area contributed by atoms with Crippen LogP contribution in [0.15, 0.2) is 42.5 Å². The summed E-state index contributed by atoms with van der Waals surface area (Å²) in [5.41, 5.74) is 2.13. The number of fused-ring (bicyclic) bond motifs is 1. The first-order valence-corrected chi connectivity index (χ1v) is 10.7. The smallest absolute Gasteiger partial charge is 0.288 e. The molecule has 2 aromatic rings. The molecule has 0 aliphatic carbocycles. The van der Waals surface area contributed by atoms with Crippen LogP contribution < -0.4 is 9.80 Å². The van der Waals surface area contributed by atoms with Gasteiger partial charge in [-0.15, -0.1) is 0 Å². The van der Waals surface area contributed by atoms with E-state index >= 15 is 0 Å². The molecule has 2 amide bonds. The lowest BCUT2D eigenvalue weighted by molar-refractivity contribution is 0.255. The van der Waals surface area contributed by atoms with E-state index in [1.807, 2.05) is 13.0 Å². The van der Waals surface area contributed by atoms with Crippen molar-refractivity contribution in [3.63, 3.8) is 0 Å². The fraction of sp³-hybridized carbons (Fsp3) is 0.278. The lowest BCUT2D eigenvalue weighted by Crippen LogP contribution is -2.37. The molecule has 0 radical (unpaired) electrons. The summed E-state index contributed by atoms with van der Waals surface area (Å²) in [6.07, 6.45) is 0. The van der Waals surface area contributed by atoms with E-state index in [1.165, 1.54) is 0 Å². The lowest BCUT2D eigenvalue weighted by Gasteiger charge is -2.23. The van der Waals surface area contributed by atoms with Gasteiger partial charge in [-0.3, -0.25) is 9.80 Å². The van der Waals surface area contributed by atoms with Crippen molar-refractivity contribution in [1.82, 2.24) is 0 Å². The summed E-state index contributed by atoms with van der Waals surface area (Å²) in [7, 11) is -3.23. The second-order valence-corrected chi connectivity index (χ2v) is 9.64. The maximum atomic E-state index is 13.2. The van der Waals surface area contributed by atoms with Gasteiger partial charge in [0.05, 0.1) is 23.6 Å². The van der Waals surface area contributed by atoms with E-state index in [0.717, 1.165) is 5.56 Å². The highest BCUT2D eigenvalue weighted by Crippen LogP contribution is 2.39. The van der Waals surface area contributed by atoms with Crippen LogP contribution >= 0.6 is 23.2 Å². The summed E-state index contributed by atoms with van der Waals surface area (Å²) in [6, 6.07) is 11.0. The maximum Gasteiger partial charge on any atom is 0.329 e. The molecule has 2 heterocycles. The van der Waals surface area contributed by atoms with Gasteiger partial charge < -0.3 is 0 Å². The third-order valence-electron chi connectivity index (χ3n) is 4.91. The molecule has 2 fully saturated rings. The summed E-state index contributed by atoms with van der Waals surface area (Å²) >= 11 is 12.2. The molecular weight excluding hydrogens is 395 g/mol. The van der Waals surface area contributed by atoms with E-state index in [9.17, 15) is 13.2 Å². The zero-order valence-electron chi connectivity index (χ0n) is 13.9. The van der Waals surface area contributed by atoms with Gasteiger partial charge in [-0.1, -0.05) is 29.3 Å². The van der Waals surface area contributed by atoms with Gasteiger partial charge in [0.2, 0.25) is 0 Å². The van der Waals surface area contributed by atoms with E-state index in [1.54, 1.807) is 46.2 Å². The molecule has 0 bridgehead atoms. The summed E-state index contributed by atoms with van der Waals surface area (Å²) in [5.74, 6) is -0.110. The van der Waals surface area contributed by atoms with Crippen LogP contribution in [0.1, 0.15) is 5.56 Å². The van der Waals surface area contributed by atoms with Crippen molar-refractivity contribution < 1.29 is 13.2 Å². The number of hydrogen-bond donors (Lipinski definition) is 0. The van der Waals surface area contributed by atoms with Crippen molar-refractivity contribution in [3.8, 4) is 0 Å². The van der Waals surface area contributed by atoms with Gasteiger partial charge in [0.25, 0.3) is 0 Å². The minimum absolute atomic E-state index is 0.0534. The minimum atomic E-state index is -3.23. The maximum absolute atomic E-state index is 13.2. The Hall–Kier alpha value is -1.76. The highest BCUT2D eigenvalue weighted by molar-refractivity contribution is 7.91. The number of urea groups is 1. The molecule has 8 heteroatoms. The lowest BCUT2D eigenvalue weighted by atomic mass is 10.1. The summed E-state index contributed by atoms with van der Waals surface area (Å²) in [6.45, 7) is 1.88. The molecule has 2 saturated heterocycles. The third-order valence-corrected chi connectivity index (χ3v) is 7.27. The molecule has 0 unspecified atom stereocenters. The highest BCUT2D eigenvalue weighted by Gasteiger charge is 2.54. The Morgan fingerprint density at radius 3 is 2.04 bits per heavy atom. The molecule has 0 spiro atoms. The van der Waals surface area contributed by atoms with Crippen LogP contribution in [0.5, 0.6) is 0 Å². The van der Waals surface area contributed by atoms with Gasteiger partial charge in [0.1, 0.15) is 0 Å². The van der Waals surface area contributed by atoms with Gasteiger partial charge in [-0.05, 0) is 48.9 Å². The Morgan fingerprint density at radius 1 is 0.923 bits per heavy atom. The Morgan fingerprint density at radius 2 is 1.46 bits per heavy atom. The first-order valence-electron chi connectivity index (χ1n) is 8.11. The number of aryl methyl sites for hydroxylation is 1. The largest absolute Gasteiger partial charge is 0.329 e. The van der Waals surface area contributed by atoms with Crippen molar-refractivity contribution in [2.75, 3.05) is 21.3 Å². The van der Waals surface area contributed by atoms with E-state index in [-0.39, 0.29) is 17.5 Å². The number of hydrogen-bond acceptors (Lipinski definition) is 3. The number of nitrogens with zero attached hydrogens (tertiary/aromatic N) is 2. The summed E-state index contributed by atoms with van der Waals surface area (Å²) in [4.78, 5) is 16.3. The molecule has 2 aliphatic heterocycles. The monoisotopic (exact) mass is 410 g/mol. The molecule has 2 atom stereocenters. The quantitative estimate of drug-likeness (QED) is 0.704. The molecule has 0 N–H and O–H groups in total. The molecule has 136 valence electrons. The number of sulfone groups is 1. The third kappa shape index (κ3) is 2.86. The topological polar surface area (TPSA) is 57.7 Å². The molecule has 2 aliphatic rings. The Kier molecular flexibility index (Phi) is 4.17. The number of anilines is 2.